The fourth-order valence-electron chi connectivity index (χ4n) is 6.01. The van der Waals surface area contributed by atoms with Crippen molar-refractivity contribution in [1.29, 1.82) is 0 Å². The number of aliphatic carboxylic acids is 1. The highest BCUT2D eigenvalue weighted by Gasteiger charge is 2.22. The lowest BCUT2D eigenvalue weighted by atomic mass is 9.92. The predicted octanol–water partition coefficient (Wildman–Crippen LogP) is 5.84. The molecule has 1 amide bonds. The van der Waals surface area contributed by atoms with Gasteiger partial charge in [-0.05, 0) is 66.3 Å². The zero-order valence-corrected chi connectivity index (χ0v) is 28.0. The molecule has 256 valence electrons. The van der Waals surface area contributed by atoms with Crippen molar-refractivity contribution >= 4 is 29.5 Å². The van der Waals surface area contributed by atoms with Crippen LogP contribution in [-0.4, -0.2) is 71.9 Å². The number of hydrogen-bond donors (Lipinski definition) is 4. The Bertz CT molecular complexity index is 1880. The number of β-amino-alcohol motifs (C(OH)–C–C–N with tert-alkyl or cyclic N) is 1. The number of nitrogens with zero attached hydrogens (tertiary/aromatic N) is 2. The third-order valence-electron chi connectivity index (χ3n) is 8.72. The average molecular weight is 669 g/mol. The van der Waals surface area contributed by atoms with Crippen molar-refractivity contribution in [3.05, 3.63) is 106 Å². The van der Waals surface area contributed by atoms with E-state index >= 15 is 4.39 Å². The molecule has 1 aliphatic rings. The summed E-state index contributed by atoms with van der Waals surface area (Å²) in [6.07, 6.45) is 3.52. The number of halogens is 1. The Kier molecular flexibility index (Phi) is 11.4. The molecule has 0 saturated carbocycles. The molecule has 1 saturated heterocycles. The molecule has 3 aromatic carbocycles. The van der Waals surface area contributed by atoms with E-state index in [1.807, 2.05) is 50.2 Å². The Labute approximate surface area is 285 Å². The van der Waals surface area contributed by atoms with Crippen LogP contribution in [0, 0.1) is 13.8 Å². The number of carbonyl (C=O) groups is 2. The predicted molar refractivity (Wildman–Crippen MR) is 187 cm³/mol. The van der Waals surface area contributed by atoms with Crippen LogP contribution in [0.5, 0.6) is 11.5 Å². The Balaban J connectivity index is 1.35. The second kappa shape index (κ2) is 15.9. The lowest BCUT2D eigenvalue weighted by Crippen LogP contribution is -2.22. The van der Waals surface area contributed by atoms with Crippen LogP contribution in [0.2, 0.25) is 0 Å². The Morgan fingerprint density at radius 1 is 1.00 bits per heavy atom. The van der Waals surface area contributed by atoms with E-state index in [1.165, 1.54) is 13.2 Å². The molecule has 0 bridgehead atoms. The van der Waals surface area contributed by atoms with Crippen molar-refractivity contribution in [2.45, 2.75) is 39.5 Å². The SMILES string of the molecule is COc1cc(/C(F)=C/c2cccc(-c3cccc(NC(=O)c4cc(OC)c(CN5CCC(O)C5)cn4)c3C)c2C)ccc1CNCC(=O)O. The Morgan fingerprint density at radius 2 is 1.71 bits per heavy atom. The van der Waals surface area contributed by atoms with Gasteiger partial charge in [-0.25, -0.2) is 4.39 Å². The van der Waals surface area contributed by atoms with Crippen molar-refractivity contribution in [3.63, 3.8) is 0 Å². The Hall–Kier alpha value is -5.10. The van der Waals surface area contributed by atoms with Gasteiger partial charge in [0.15, 0.2) is 0 Å². The van der Waals surface area contributed by atoms with Gasteiger partial charge in [0, 0.05) is 60.8 Å². The van der Waals surface area contributed by atoms with E-state index in [4.69, 9.17) is 14.6 Å². The number of nitrogens with one attached hydrogen (secondary N) is 2. The van der Waals surface area contributed by atoms with Crippen molar-refractivity contribution < 1.29 is 33.7 Å². The van der Waals surface area contributed by atoms with Gasteiger partial charge in [-0.2, -0.15) is 0 Å². The number of aliphatic hydroxyl groups is 1. The summed E-state index contributed by atoms with van der Waals surface area (Å²) >= 11 is 0. The summed E-state index contributed by atoms with van der Waals surface area (Å²) in [4.78, 5) is 30.7. The largest absolute Gasteiger partial charge is 0.496 e. The molecule has 1 fully saturated rings. The van der Waals surface area contributed by atoms with Gasteiger partial charge >= 0.3 is 5.97 Å². The minimum atomic E-state index is -0.968. The lowest BCUT2D eigenvalue weighted by Gasteiger charge is -2.18. The van der Waals surface area contributed by atoms with Gasteiger partial charge in [0.1, 0.15) is 23.0 Å². The fourth-order valence-corrected chi connectivity index (χ4v) is 6.01. The highest BCUT2D eigenvalue weighted by molar-refractivity contribution is 6.04. The highest BCUT2D eigenvalue weighted by atomic mass is 19.1. The van der Waals surface area contributed by atoms with Gasteiger partial charge in [-0.1, -0.05) is 42.5 Å². The molecular formula is C38H41FN4O6. The zero-order valence-electron chi connectivity index (χ0n) is 28.0. The second-order valence-corrected chi connectivity index (χ2v) is 12.0. The number of anilines is 1. The monoisotopic (exact) mass is 668 g/mol. The van der Waals surface area contributed by atoms with E-state index < -0.39 is 11.8 Å². The van der Waals surface area contributed by atoms with Crippen LogP contribution in [0.15, 0.2) is 66.9 Å². The molecule has 1 aromatic heterocycles. The summed E-state index contributed by atoms with van der Waals surface area (Å²) in [5, 5.41) is 24.5. The maximum Gasteiger partial charge on any atom is 0.317 e. The number of methoxy groups -OCH3 is 2. The molecule has 2 heterocycles. The molecule has 1 unspecified atom stereocenters. The molecule has 0 radical (unpaired) electrons. The Morgan fingerprint density at radius 3 is 2.41 bits per heavy atom. The van der Waals surface area contributed by atoms with E-state index in [9.17, 15) is 14.7 Å². The van der Waals surface area contributed by atoms with Crippen LogP contribution in [0.25, 0.3) is 23.0 Å². The molecule has 5 rings (SSSR count). The molecule has 1 atom stereocenters. The van der Waals surface area contributed by atoms with Crippen molar-refractivity contribution in [2.24, 2.45) is 0 Å². The van der Waals surface area contributed by atoms with Crippen LogP contribution < -0.4 is 20.1 Å². The molecular weight excluding hydrogens is 627 g/mol. The first kappa shape index (κ1) is 35.2. The molecule has 0 spiro atoms. The first-order valence-electron chi connectivity index (χ1n) is 16.0. The number of rotatable bonds is 13. The van der Waals surface area contributed by atoms with Gasteiger partial charge < -0.3 is 30.3 Å². The van der Waals surface area contributed by atoms with E-state index in [0.29, 0.717) is 47.0 Å². The van der Waals surface area contributed by atoms with Crippen LogP contribution >= 0.6 is 0 Å². The third kappa shape index (κ3) is 8.50. The zero-order chi connectivity index (χ0) is 35.1. The number of aromatic nitrogens is 1. The van der Waals surface area contributed by atoms with Crippen LogP contribution in [0.3, 0.4) is 0 Å². The molecule has 49 heavy (non-hydrogen) atoms. The molecule has 11 heteroatoms. The molecule has 4 aromatic rings. The standard InChI is InChI=1S/C38H41FN4O6/c1-23-25(15-32(39)26-11-12-27(35(16-26)48-3)18-40-20-37(45)46)7-5-8-30(23)31-9-6-10-33(24(31)2)42-38(47)34-17-36(49-4)28(19-41-34)21-43-14-13-29(44)22-43/h5-12,15-17,19,29,40,44H,13-14,18,20-22H2,1-4H3,(H,42,47)(H,45,46)/b32-15-. The number of ether oxygens (including phenoxy) is 2. The number of amides is 1. The first-order chi connectivity index (χ1) is 23.6. The smallest absolute Gasteiger partial charge is 0.317 e. The average Bonchev–Trinajstić information content (AvgIpc) is 3.50. The molecule has 1 aliphatic heterocycles. The maximum atomic E-state index is 15.6. The lowest BCUT2D eigenvalue weighted by molar-refractivity contribution is -0.136. The normalized spacial score (nSPS) is 14.9. The quantitative estimate of drug-likeness (QED) is 0.130. The van der Waals surface area contributed by atoms with Crippen LogP contribution in [0.1, 0.15) is 50.3 Å². The van der Waals surface area contributed by atoms with E-state index in [0.717, 1.165) is 40.8 Å². The van der Waals surface area contributed by atoms with Crippen molar-refractivity contribution in [2.75, 3.05) is 39.2 Å². The number of carbonyl (C=O) groups excluding carboxylic acids is 1. The first-order valence-corrected chi connectivity index (χ1v) is 16.0. The van der Waals surface area contributed by atoms with Gasteiger partial charge in [0.2, 0.25) is 0 Å². The minimum Gasteiger partial charge on any atom is -0.496 e. The second-order valence-electron chi connectivity index (χ2n) is 12.0. The van der Waals surface area contributed by atoms with E-state index in [1.54, 1.807) is 37.6 Å². The number of aliphatic hydroxyl groups excluding tert-OH is 1. The summed E-state index contributed by atoms with van der Waals surface area (Å²) in [6, 6.07) is 17.9. The van der Waals surface area contributed by atoms with E-state index in [2.05, 4.69) is 20.5 Å². The van der Waals surface area contributed by atoms with Gasteiger partial charge in [0.25, 0.3) is 5.91 Å². The number of pyridine rings is 1. The number of hydrogen-bond acceptors (Lipinski definition) is 8. The minimum absolute atomic E-state index is 0.198. The van der Waals surface area contributed by atoms with Crippen molar-refractivity contribution in [1.82, 2.24) is 15.2 Å². The third-order valence-corrected chi connectivity index (χ3v) is 8.72. The van der Waals surface area contributed by atoms with Gasteiger partial charge in [-0.3, -0.25) is 19.5 Å². The summed E-state index contributed by atoms with van der Waals surface area (Å²) in [6.45, 7) is 5.87. The number of carboxylic acids is 1. The summed E-state index contributed by atoms with van der Waals surface area (Å²) in [7, 11) is 3.04. The molecule has 10 nitrogen and oxygen atoms in total. The summed E-state index contributed by atoms with van der Waals surface area (Å²) in [5.74, 6) is -0.789. The number of carboxylic acid groups (broad SMARTS) is 1. The fraction of sp³-hybridized carbons (Fsp3) is 0.289. The van der Waals surface area contributed by atoms with E-state index in [-0.39, 0.29) is 30.8 Å². The van der Waals surface area contributed by atoms with Gasteiger partial charge in [0.05, 0.1) is 26.9 Å². The summed E-state index contributed by atoms with van der Waals surface area (Å²) in [5.41, 5.74) is 6.89. The molecule has 4 N–H and O–H groups in total. The van der Waals surface area contributed by atoms with Crippen LogP contribution in [0.4, 0.5) is 10.1 Å². The number of likely N-dealkylation sites (tertiary alicyclic amines) is 1. The van der Waals surface area contributed by atoms with Crippen molar-refractivity contribution in [3.8, 4) is 22.6 Å². The topological polar surface area (TPSA) is 133 Å². The highest BCUT2D eigenvalue weighted by Crippen LogP contribution is 2.34. The maximum absolute atomic E-state index is 15.6. The van der Waals surface area contributed by atoms with Gasteiger partial charge in [-0.15, -0.1) is 0 Å². The van der Waals surface area contributed by atoms with Crippen LogP contribution in [-0.2, 0) is 17.9 Å². The number of benzene rings is 3. The summed E-state index contributed by atoms with van der Waals surface area (Å²) < 4.78 is 26.6. The molecule has 0 aliphatic carbocycles.